The minimum Gasteiger partial charge on any atom is -0.490 e. The van der Waals surface area contributed by atoms with Gasteiger partial charge in [0.05, 0.1) is 18.6 Å². The summed E-state index contributed by atoms with van der Waals surface area (Å²) in [7, 11) is 0. The molecule has 186 valence electrons. The smallest absolute Gasteiger partial charge is 0.309 e. The van der Waals surface area contributed by atoms with Gasteiger partial charge >= 0.3 is 5.97 Å². The molecule has 0 amide bonds. The monoisotopic (exact) mass is 465 g/mol. The van der Waals surface area contributed by atoms with Crippen molar-refractivity contribution in [2.24, 2.45) is 11.8 Å². The van der Waals surface area contributed by atoms with Crippen LogP contribution in [0.15, 0.2) is 36.4 Å². The summed E-state index contributed by atoms with van der Waals surface area (Å²) in [6.45, 7) is 9.15. The average Bonchev–Trinajstić information content (AvgIpc) is 2.86. The molecule has 0 spiro atoms. The van der Waals surface area contributed by atoms with E-state index in [1.165, 1.54) is 48.4 Å². The van der Waals surface area contributed by atoms with E-state index in [9.17, 15) is 4.79 Å². The SMILES string of the molecule is CC(C)CCCOC(=O)C1CCN(C(C)c2ccc3cc(OC4CCCCC4)ccc3c2)CC1. The van der Waals surface area contributed by atoms with Crippen molar-refractivity contribution >= 4 is 16.7 Å². The zero-order chi connectivity index (χ0) is 23.9. The lowest BCUT2D eigenvalue weighted by Gasteiger charge is -2.35. The van der Waals surface area contributed by atoms with Gasteiger partial charge in [-0.3, -0.25) is 9.69 Å². The van der Waals surface area contributed by atoms with Gasteiger partial charge < -0.3 is 9.47 Å². The van der Waals surface area contributed by atoms with Crippen LogP contribution in [0.5, 0.6) is 5.75 Å². The van der Waals surface area contributed by atoms with Crippen LogP contribution in [0.25, 0.3) is 10.8 Å². The van der Waals surface area contributed by atoms with Crippen molar-refractivity contribution in [3.8, 4) is 5.75 Å². The molecule has 4 rings (SSSR count). The highest BCUT2D eigenvalue weighted by atomic mass is 16.5. The molecule has 1 heterocycles. The lowest BCUT2D eigenvalue weighted by Crippen LogP contribution is -2.38. The van der Waals surface area contributed by atoms with Crippen LogP contribution in [-0.2, 0) is 9.53 Å². The summed E-state index contributed by atoms with van der Waals surface area (Å²) in [4.78, 5) is 14.9. The fourth-order valence-electron chi connectivity index (χ4n) is 5.47. The van der Waals surface area contributed by atoms with Gasteiger partial charge in [-0.15, -0.1) is 0 Å². The van der Waals surface area contributed by atoms with Gasteiger partial charge in [0.15, 0.2) is 0 Å². The molecule has 1 saturated heterocycles. The van der Waals surface area contributed by atoms with Crippen molar-refractivity contribution in [3.05, 3.63) is 42.0 Å². The van der Waals surface area contributed by atoms with E-state index in [1.807, 2.05) is 0 Å². The van der Waals surface area contributed by atoms with Crippen molar-refractivity contribution in [2.75, 3.05) is 19.7 Å². The summed E-state index contributed by atoms with van der Waals surface area (Å²) in [5.74, 6) is 1.73. The van der Waals surface area contributed by atoms with Crippen molar-refractivity contribution in [1.29, 1.82) is 0 Å². The number of nitrogens with zero attached hydrogens (tertiary/aromatic N) is 1. The molecule has 1 saturated carbocycles. The first-order valence-corrected chi connectivity index (χ1v) is 13.6. The second kappa shape index (κ2) is 12.1. The molecule has 1 aliphatic carbocycles. The third kappa shape index (κ3) is 6.75. The molecule has 2 aromatic carbocycles. The van der Waals surface area contributed by atoms with Gasteiger partial charge in [-0.05, 0) is 112 Å². The molecule has 4 nitrogen and oxygen atoms in total. The Morgan fingerprint density at radius 2 is 1.65 bits per heavy atom. The number of hydrogen-bond donors (Lipinski definition) is 0. The molecule has 0 aromatic heterocycles. The van der Waals surface area contributed by atoms with E-state index >= 15 is 0 Å². The average molecular weight is 466 g/mol. The predicted molar refractivity (Wildman–Crippen MR) is 139 cm³/mol. The van der Waals surface area contributed by atoms with Gasteiger partial charge in [-0.2, -0.15) is 0 Å². The molecule has 4 heteroatoms. The van der Waals surface area contributed by atoms with E-state index < -0.39 is 0 Å². The lowest BCUT2D eigenvalue weighted by molar-refractivity contribution is -0.150. The number of benzene rings is 2. The molecule has 1 unspecified atom stereocenters. The summed E-state index contributed by atoms with van der Waals surface area (Å²) >= 11 is 0. The van der Waals surface area contributed by atoms with E-state index in [-0.39, 0.29) is 11.9 Å². The molecule has 1 aliphatic heterocycles. The number of rotatable bonds is 9. The lowest BCUT2D eigenvalue weighted by atomic mass is 9.94. The van der Waals surface area contributed by atoms with Crippen molar-refractivity contribution in [2.45, 2.75) is 90.7 Å². The second-order valence-electron chi connectivity index (χ2n) is 10.8. The number of piperidine rings is 1. The fraction of sp³-hybridized carbons (Fsp3) is 0.633. The summed E-state index contributed by atoms with van der Waals surface area (Å²) < 4.78 is 11.8. The minimum atomic E-state index is 0.00742. The molecule has 0 N–H and O–H groups in total. The largest absolute Gasteiger partial charge is 0.490 e. The third-order valence-electron chi connectivity index (χ3n) is 7.75. The molecule has 34 heavy (non-hydrogen) atoms. The quantitative estimate of drug-likeness (QED) is 0.288. The zero-order valence-corrected chi connectivity index (χ0v) is 21.4. The zero-order valence-electron chi connectivity index (χ0n) is 21.4. The van der Waals surface area contributed by atoms with Gasteiger partial charge in [0.25, 0.3) is 0 Å². The number of ether oxygens (including phenoxy) is 2. The van der Waals surface area contributed by atoms with E-state index in [4.69, 9.17) is 9.47 Å². The van der Waals surface area contributed by atoms with Crippen LogP contribution in [0, 0.1) is 11.8 Å². The maximum Gasteiger partial charge on any atom is 0.309 e. The highest BCUT2D eigenvalue weighted by Crippen LogP contribution is 2.31. The molecular weight excluding hydrogens is 422 g/mol. The van der Waals surface area contributed by atoms with Crippen LogP contribution in [-0.4, -0.2) is 36.7 Å². The van der Waals surface area contributed by atoms with E-state index in [1.54, 1.807) is 0 Å². The normalized spacial score (nSPS) is 19.4. The van der Waals surface area contributed by atoms with Crippen LogP contribution in [0.2, 0.25) is 0 Å². The van der Waals surface area contributed by atoms with Crippen LogP contribution in [0.4, 0.5) is 0 Å². The first-order chi connectivity index (χ1) is 16.5. The van der Waals surface area contributed by atoms with E-state index in [2.05, 4.69) is 62.1 Å². The standard InChI is InChI=1S/C30H43NO3/c1-22(2)8-7-19-33-30(32)24-15-17-31(18-16-24)23(3)25-11-12-27-21-29(14-13-26(27)20-25)34-28-9-5-4-6-10-28/h11-14,20-24,28H,4-10,15-19H2,1-3H3. The summed E-state index contributed by atoms with van der Waals surface area (Å²) in [5, 5.41) is 2.50. The Balaban J connectivity index is 1.29. The van der Waals surface area contributed by atoms with Crippen LogP contribution in [0.1, 0.15) is 90.2 Å². The molecule has 2 fully saturated rings. The summed E-state index contributed by atoms with van der Waals surface area (Å²) in [6, 6.07) is 13.7. The number of fused-ring (bicyclic) bond motifs is 1. The Labute approximate surface area is 206 Å². The Bertz CT molecular complexity index is 926. The van der Waals surface area contributed by atoms with Crippen LogP contribution in [0.3, 0.4) is 0 Å². The minimum absolute atomic E-state index is 0.00742. The molecule has 0 bridgehead atoms. The topological polar surface area (TPSA) is 38.8 Å². The van der Waals surface area contributed by atoms with E-state index in [0.717, 1.165) is 44.5 Å². The number of esters is 1. The fourth-order valence-corrected chi connectivity index (χ4v) is 5.47. The maximum absolute atomic E-state index is 12.4. The Kier molecular flexibility index (Phi) is 8.88. The van der Waals surface area contributed by atoms with Crippen LogP contribution >= 0.6 is 0 Å². The molecule has 2 aliphatic rings. The molecule has 1 atom stereocenters. The van der Waals surface area contributed by atoms with Crippen LogP contribution < -0.4 is 4.74 Å². The third-order valence-corrected chi connectivity index (χ3v) is 7.75. The van der Waals surface area contributed by atoms with Gasteiger partial charge in [-0.1, -0.05) is 38.5 Å². The number of carbonyl (C=O) groups excluding carboxylic acids is 1. The first kappa shape index (κ1) is 25.0. The second-order valence-corrected chi connectivity index (χ2v) is 10.8. The van der Waals surface area contributed by atoms with Crippen molar-refractivity contribution < 1.29 is 14.3 Å². The summed E-state index contributed by atoms with van der Waals surface area (Å²) in [6.07, 6.45) is 10.5. The Morgan fingerprint density at radius 1 is 0.941 bits per heavy atom. The molecule has 0 radical (unpaired) electrons. The Morgan fingerprint density at radius 3 is 2.38 bits per heavy atom. The number of carbonyl (C=O) groups is 1. The van der Waals surface area contributed by atoms with Gasteiger partial charge in [0, 0.05) is 6.04 Å². The first-order valence-electron chi connectivity index (χ1n) is 13.6. The van der Waals surface area contributed by atoms with Gasteiger partial charge in [-0.25, -0.2) is 0 Å². The van der Waals surface area contributed by atoms with Crippen molar-refractivity contribution in [3.63, 3.8) is 0 Å². The predicted octanol–water partition coefficient (Wildman–Crippen LogP) is 7.30. The maximum atomic E-state index is 12.4. The Hall–Kier alpha value is -2.07. The summed E-state index contributed by atoms with van der Waals surface area (Å²) in [5.41, 5.74) is 1.34. The van der Waals surface area contributed by atoms with Crippen molar-refractivity contribution in [1.82, 2.24) is 4.90 Å². The number of likely N-dealkylation sites (tertiary alicyclic amines) is 1. The highest BCUT2D eigenvalue weighted by molar-refractivity contribution is 5.84. The number of hydrogen-bond acceptors (Lipinski definition) is 4. The van der Waals surface area contributed by atoms with Gasteiger partial charge in [0.2, 0.25) is 0 Å². The highest BCUT2D eigenvalue weighted by Gasteiger charge is 2.28. The van der Waals surface area contributed by atoms with E-state index in [0.29, 0.717) is 24.7 Å². The molecule has 2 aromatic rings. The molecular formula is C30H43NO3. The van der Waals surface area contributed by atoms with Gasteiger partial charge in [0.1, 0.15) is 5.75 Å².